The van der Waals surface area contributed by atoms with E-state index in [1.54, 1.807) is 0 Å². The minimum atomic E-state index is 0.592. The molecular weight excluding hydrogens is 224 g/mol. The van der Waals surface area contributed by atoms with Crippen molar-refractivity contribution < 1.29 is 0 Å². The summed E-state index contributed by atoms with van der Waals surface area (Å²) in [5.41, 5.74) is 1.23. The van der Waals surface area contributed by atoms with Crippen LogP contribution in [0.1, 0.15) is 36.7 Å². The summed E-state index contributed by atoms with van der Waals surface area (Å²) in [6.07, 6.45) is 6.53. The topological polar surface area (TPSA) is 41.1 Å². The molecule has 2 heterocycles. The Kier molecular flexibility index (Phi) is 5.08. The number of piperidine rings is 1. The molecule has 1 atom stereocenters. The molecule has 1 N–H and O–H groups in total. The zero-order valence-corrected chi connectivity index (χ0v) is 11.5. The lowest BCUT2D eigenvalue weighted by molar-refractivity contribution is 0.248. The molecule has 100 valence electrons. The van der Waals surface area contributed by atoms with Gasteiger partial charge in [0.1, 0.15) is 5.82 Å². The van der Waals surface area contributed by atoms with Crippen molar-refractivity contribution in [1.29, 1.82) is 0 Å². The first-order valence-corrected chi connectivity index (χ1v) is 6.94. The molecule has 0 amide bonds. The first-order valence-electron chi connectivity index (χ1n) is 6.94. The highest BCUT2D eigenvalue weighted by molar-refractivity contribution is 5.10. The van der Waals surface area contributed by atoms with Crippen molar-refractivity contribution >= 4 is 0 Å². The van der Waals surface area contributed by atoms with Crippen LogP contribution in [0, 0.1) is 0 Å². The van der Waals surface area contributed by atoms with Gasteiger partial charge in [0.25, 0.3) is 0 Å². The molecule has 18 heavy (non-hydrogen) atoms. The fraction of sp³-hybridized carbons (Fsp3) is 0.714. The van der Waals surface area contributed by atoms with E-state index in [-0.39, 0.29) is 0 Å². The Hall–Kier alpha value is -1.00. The zero-order chi connectivity index (χ0) is 12.8. The second-order valence-electron chi connectivity index (χ2n) is 5.21. The number of nitrogens with one attached hydrogen (secondary N) is 1. The average Bonchev–Trinajstić information content (AvgIpc) is 2.39. The van der Waals surface area contributed by atoms with Crippen LogP contribution in [-0.2, 0) is 6.42 Å². The Morgan fingerprint density at radius 2 is 2.39 bits per heavy atom. The smallest absolute Gasteiger partial charge is 0.128 e. The van der Waals surface area contributed by atoms with Crippen molar-refractivity contribution in [3.63, 3.8) is 0 Å². The van der Waals surface area contributed by atoms with Crippen molar-refractivity contribution in [3.05, 3.63) is 23.8 Å². The van der Waals surface area contributed by atoms with Gasteiger partial charge in [-0.25, -0.2) is 9.97 Å². The lowest BCUT2D eigenvalue weighted by Gasteiger charge is -2.29. The lowest BCUT2D eigenvalue weighted by atomic mass is 9.95. The fourth-order valence-corrected chi connectivity index (χ4v) is 2.59. The zero-order valence-electron chi connectivity index (χ0n) is 11.5. The Bertz CT molecular complexity index is 367. The van der Waals surface area contributed by atoms with Crippen molar-refractivity contribution in [2.24, 2.45) is 0 Å². The van der Waals surface area contributed by atoms with Gasteiger partial charge in [-0.3, -0.25) is 0 Å². The SMILES string of the molecule is CNCCCc1nccc(C2CCCN(C)C2)n1. The largest absolute Gasteiger partial charge is 0.320 e. The van der Waals surface area contributed by atoms with E-state index < -0.39 is 0 Å². The molecule has 4 heteroatoms. The molecule has 0 radical (unpaired) electrons. The Morgan fingerprint density at radius 1 is 1.50 bits per heavy atom. The van der Waals surface area contributed by atoms with Crippen molar-refractivity contribution in [2.75, 3.05) is 33.7 Å². The van der Waals surface area contributed by atoms with Crippen LogP contribution in [0.2, 0.25) is 0 Å². The quantitative estimate of drug-likeness (QED) is 0.801. The molecule has 0 aliphatic carbocycles. The highest BCUT2D eigenvalue weighted by atomic mass is 15.1. The predicted octanol–water partition coefficient (Wildman–Crippen LogP) is 1.44. The second kappa shape index (κ2) is 6.81. The van der Waals surface area contributed by atoms with E-state index in [0.717, 1.165) is 31.8 Å². The van der Waals surface area contributed by atoms with Crippen molar-refractivity contribution in [3.8, 4) is 0 Å². The maximum Gasteiger partial charge on any atom is 0.128 e. The monoisotopic (exact) mass is 248 g/mol. The van der Waals surface area contributed by atoms with E-state index >= 15 is 0 Å². The maximum atomic E-state index is 4.74. The van der Waals surface area contributed by atoms with Crippen LogP contribution >= 0.6 is 0 Å². The molecule has 1 aromatic rings. The van der Waals surface area contributed by atoms with Crippen LogP contribution in [0.3, 0.4) is 0 Å². The minimum absolute atomic E-state index is 0.592. The number of hydrogen-bond donors (Lipinski definition) is 1. The van der Waals surface area contributed by atoms with Gasteiger partial charge in [0, 0.05) is 30.8 Å². The average molecular weight is 248 g/mol. The number of likely N-dealkylation sites (tertiary alicyclic amines) is 1. The summed E-state index contributed by atoms with van der Waals surface area (Å²) < 4.78 is 0. The van der Waals surface area contributed by atoms with Crippen molar-refractivity contribution in [1.82, 2.24) is 20.2 Å². The number of nitrogens with zero attached hydrogens (tertiary/aromatic N) is 3. The summed E-state index contributed by atoms with van der Waals surface area (Å²) >= 11 is 0. The van der Waals surface area contributed by atoms with Crippen LogP contribution in [0.4, 0.5) is 0 Å². The lowest BCUT2D eigenvalue weighted by Crippen LogP contribution is -2.31. The number of aromatic nitrogens is 2. The van der Waals surface area contributed by atoms with E-state index in [2.05, 4.69) is 28.3 Å². The molecule has 1 aromatic heterocycles. The molecule has 1 saturated heterocycles. The van der Waals surface area contributed by atoms with Crippen LogP contribution in [0.5, 0.6) is 0 Å². The van der Waals surface area contributed by atoms with Gasteiger partial charge in [-0.2, -0.15) is 0 Å². The Morgan fingerprint density at radius 3 is 3.17 bits per heavy atom. The van der Waals surface area contributed by atoms with Gasteiger partial charge in [0.05, 0.1) is 0 Å². The third-order valence-corrected chi connectivity index (χ3v) is 3.60. The van der Waals surface area contributed by atoms with E-state index in [0.29, 0.717) is 5.92 Å². The molecule has 0 saturated carbocycles. The first kappa shape index (κ1) is 13.4. The number of likely N-dealkylation sites (N-methyl/N-ethyl adjacent to an activating group) is 1. The van der Waals surface area contributed by atoms with Crippen molar-refractivity contribution in [2.45, 2.75) is 31.6 Å². The normalized spacial score (nSPS) is 21.1. The van der Waals surface area contributed by atoms with E-state index in [4.69, 9.17) is 4.98 Å². The molecule has 2 rings (SSSR count). The molecule has 1 unspecified atom stereocenters. The van der Waals surface area contributed by atoms with Gasteiger partial charge in [0.15, 0.2) is 0 Å². The van der Waals surface area contributed by atoms with Gasteiger partial charge < -0.3 is 10.2 Å². The summed E-state index contributed by atoms with van der Waals surface area (Å²) in [5, 5.41) is 3.16. The molecule has 1 fully saturated rings. The molecule has 1 aliphatic heterocycles. The number of rotatable bonds is 5. The number of hydrogen-bond acceptors (Lipinski definition) is 4. The summed E-state index contributed by atoms with van der Waals surface area (Å²) in [6.45, 7) is 3.38. The summed E-state index contributed by atoms with van der Waals surface area (Å²) in [5.74, 6) is 1.59. The van der Waals surface area contributed by atoms with Gasteiger partial charge in [0.2, 0.25) is 0 Å². The first-order chi connectivity index (χ1) is 8.79. The highest BCUT2D eigenvalue weighted by Gasteiger charge is 2.20. The van der Waals surface area contributed by atoms with Gasteiger partial charge in [-0.1, -0.05) is 0 Å². The Labute approximate surface area is 110 Å². The second-order valence-corrected chi connectivity index (χ2v) is 5.21. The van der Waals surface area contributed by atoms with Gasteiger partial charge >= 0.3 is 0 Å². The molecule has 0 spiro atoms. The van der Waals surface area contributed by atoms with E-state index in [1.165, 1.54) is 25.1 Å². The standard InChI is InChI=1S/C14H24N4/c1-15-8-3-6-14-16-9-7-13(17-14)12-5-4-10-18(2)11-12/h7,9,12,15H,3-6,8,10-11H2,1-2H3. The highest BCUT2D eigenvalue weighted by Crippen LogP contribution is 2.24. The van der Waals surface area contributed by atoms with E-state index in [9.17, 15) is 0 Å². The maximum absolute atomic E-state index is 4.74. The van der Waals surface area contributed by atoms with Crippen LogP contribution in [0.15, 0.2) is 12.3 Å². The van der Waals surface area contributed by atoms with Gasteiger partial charge in [-0.15, -0.1) is 0 Å². The predicted molar refractivity (Wildman–Crippen MR) is 73.8 cm³/mol. The summed E-state index contributed by atoms with van der Waals surface area (Å²) in [6, 6.07) is 2.09. The number of aryl methyl sites for hydroxylation is 1. The Balaban J connectivity index is 1.97. The van der Waals surface area contributed by atoms with Gasteiger partial charge in [-0.05, 0) is 52.5 Å². The fourth-order valence-electron chi connectivity index (χ4n) is 2.59. The molecule has 1 aliphatic rings. The third-order valence-electron chi connectivity index (χ3n) is 3.60. The third kappa shape index (κ3) is 3.75. The molecule has 0 bridgehead atoms. The van der Waals surface area contributed by atoms with Crippen LogP contribution < -0.4 is 5.32 Å². The van der Waals surface area contributed by atoms with Crippen LogP contribution in [-0.4, -0.2) is 48.6 Å². The molecular formula is C14H24N4. The molecule has 4 nitrogen and oxygen atoms in total. The summed E-state index contributed by atoms with van der Waals surface area (Å²) in [7, 11) is 4.18. The van der Waals surface area contributed by atoms with E-state index in [1.807, 2.05) is 13.2 Å². The summed E-state index contributed by atoms with van der Waals surface area (Å²) in [4.78, 5) is 11.5. The minimum Gasteiger partial charge on any atom is -0.320 e. The van der Waals surface area contributed by atoms with Crippen LogP contribution in [0.25, 0.3) is 0 Å². The molecule has 0 aromatic carbocycles.